The second-order valence-electron chi connectivity index (χ2n) is 8.27. The first kappa shape index (κ1) is 20.2. The Bertz CT molecular complexity index is 1040. The van der Waals surface area contributed by atoms with Crippen molar-refractivity contribution in [3.63, 3.8) is 0 Å². The fraction of sp³-hybridized carbons (Fsp3) is 0.500. The summed E-state index contributed by atoms with van der Waals surface area (Å²) in [5, 5.41) is 24.4. The molecule has 3 heterocycles. The molecule has 0 unspecified atom stereocenters. The van der Waals surface area contributed by atoms with Crippen LogP contribution in [0.3, 0.4) is 0 Å². The summed E-state index contributed by atoms with van der Waals surface area (Å²) in [7, 11) is 0. The molecule has 2 aliphatic rings. The Balaban J connectivity index is 1.53. The standard InChI is InChI=1S/C22H27N5O4/c1-13-17(28)18(29)21(31-13)27-19-16(26-22(27)25-15-9-5-6-10-15)20(24-12-23-19)30-11-14-7-3-2-4-8-14/h2-4,7-8,12-13,15,17-18,21,28-29H,5-6,9-11H2,1H3,(H,25,26)/t13-,17-,18-,21-/m1/s1. The van der Waals surface area contributed by atoms with E-state index in [0.717, 1.165) is 18.4 Å². The quantitative estimate of drug-likeness (QED) is 0.552. The van der Waals surface area contributed by atoms with Crippen LogP contribution in [0.2, 0.25) is 0 Å². The number of anilines is 1. The number of nitrogens with zero attached hydrogens (tertiary/aromatic N) is 4. The molecule has 9 heteroatoms. The van der Waals surface area contributed by atoms with Crippen molar-refractivity contribution in [2.24, 2.45) is 0 Å². The molecule has 0 bridgehead atoms. The zero-order valence-corrected chi connectivity index (χ0v) is 17.4. The van der Waals surface area contributed by atoms with Gasteiger partial charge >= 0.3 is 0 Å². The highest BCUT2D eigenvalue weighted by molar-refractivity contribution is 5.79. The van der Waals surface area contributed by atoms with Gasteiger partial charge < -0.3 is 25.0 Å². The van der Waals surface area contributed by atoms with Crippen LogP contribution < -0.4 is 10.1 Å². The predicted octanol–water partition coefficient (Wildman–Crippen LogP) is 2.40. The minimum Gasteiger partial charge on any atom is -0.471 e. The van der Waals surface area contributed by atoms with Gasteiger partial charge in [0.25, 0.3) is 0 Å². The number of aliphatic hydroxyl groups excluding tert-OH is 2. The fourth-order valence-electron chi connectivity index (χ4n) is 4.36. The van der Waals surface area contributed by atoms with E-state index < -0.39 is 24.5 Å². The third-order valence-electron chi connectivity index (χ3n) is 6.08. The molecule has 4 atom stereocenters. The van der Waals surface area contributed by atoms with Crippen LogP contribution in [0.15, 0.2) is 36.7 Å². The van der Waals surface area contributed by atoms with E-state index in [2.05, 4.69) is 15.3 Å². The average molecular weight is 425 g/mol. The molecule has 1 aliphatic carbocycles. The van der Waals surface area contributed by atoms with Crippen molar-refractivity contribution in [1.82, 2.24) is 19.5 Å². The molecule has 9 nitrogen and oxygen atoms in total. The summed E-state index contributed by atoms with van der Waals surface area (Å²) >= 11 is 0. The van der Waals surface area contributed by atoms with Gasteiger partial charge in [0.05, 0.1) is 6.10 Å². The summed E-state index contributed by atoms with van der Waals surface area (Å²) in [6, 6.07) is 10.1. The second-order valence-corrected chi connectivity index (χ2v) is 8.27. The number of aliphatic hydroxyl groups is 2. The molecular weight excluding hydrogens is 398 g/mol. The Morgan fingerprint density at radius 3 is 2.61 bits per heavy atom. The molecule has 0 radical (unpaired) electrons. The number of ether oxygens (including phenoxy) is 2. The molecule has 5 rings (SSSR count). The third kappa shape index (κ3) is 3.84. The topological polar surface area (TPSA) is 115 Å². The molecule has 1 aromatic carbocycles. The van der Waals surface area contributed by atoms with Crippen molar-refractivity contribution in [3.8, 4) is 5.88 Å². The van der Waals surface area contributed by atoms with Gasteiger partial charge in [0.1, 0.15) is 25.1 Å². The van der Waals surface area contributed by atoms with Gasteiger partial charge in [-0.1, -0.05) is 43.2 Å². The van der Waals surface area contributed by atoms with Gasteiger partial charge in [0, 0.05) is 6.04 Å². The molecule has 1 saturated heterocycles. The van der Waals surface area contributed by atoms with E-state index in [1.165, 1.54) is 19.2 Å². The number of benzene rings is 1. The number of hydrogen-bond donors (Lipinski definition) is 3. The number of hydrogen-bond acceptors (Lipinski definition) is 8. The Labute approximate surface area is 180 Å². The molecule has 2 aromatic heterocycles. The van der Waals surface area contributed by atoms with Crippen LogP contribution >= 0.6 is 0 Å². The zero-order valence-electron chi connectivity index (χ0n) is 17.4. The van der Waals surface area contributed by atoms with E-state index in [4.69, 9.17) is 14.5 Å². The van der Waals surface area contributed by atoms with E-state index in [9.17, 15) is 10.2 Å². The number of imidazole rings is 1. The van der Waals surface area contributed by atoms with Gasteiger partial charge in [-0.15, -0.1) is 0 Å². The smallest absolute Gasteiger partial charge is 0.245 e. The van der Waals surface area contributed by atoms with Crippen LogP contribution in [0, 0.1) is 0 Å². The van der Waals surface area contributed by atoms with Crippen molar-refractivity contribution in [1.29, 1.82) is 0 Å². The summed E-state index contributed by atoms with van der Waals surface area (Å²) in [5.41, 5.74) is 2.00. The summed E-state index contributed by atoms with van der Waals surface area (Å²) < 4.78 is 13.6. The lowest BCUT2D eigenvalue weighted by Gasteiger charge is -2.21. The molecule has 31 heavy (non-hydrogen) atoms. The minimum absolute atomic E-state index is 0.290. The van der Waals surface area contributed by atoms with Crippen molar-refractivity contribution in [2.45, 2.75) is 69.8 Å². The second kappa shape index (κ2) is 8.41. The van der Waals surface area contributed by atoms with Gasteiger partial charge in [-0.05, 0) is 25.3 Å². The SMILES string of the molecule is C[C@H]1O[C@@H](n2c(NC3CCCC3)nc3c(OCc4ccccc4)ncnc32)[C@H](O)[C@@H]1O. The highest BCUT2D eigenvalue weighted by atomic mass is 16.6. The first-order chi connectivity index (χ1) is 15.1. The highest BCUT2D eigenvalue weighted by Crippen LogP contribution is 2.36. The van der Waals surface area contributed by atoms with Crippen molar-refractivity contribution in [2.75, 3.05) is 5.32 Å². The van der Waals surface area contributed by atoms with E-state index >= 15 is 0 Å². The molecule has 1 aliphatic heterocycles. The number of aromatic nitrogens is 4. The lowest BCUT2D eigenvalue weighted by Crippen LogP contribution is -2.31. The Morgan fingerprint density at radius 2 is 1.90 bits per heavy atom. The first-order valence-corrected chi connectivity index (χ1v) is 10.8. The molecule has 0 spiro atoms. The highest BCUT2D eigenvalue weighted by Gasteiger charge is 2.43. The fourth-order valence-corrected chi connectivity index (χ4v) is 4.36. The number of nitrogens with one attached hydrogen (secondary N) is 1. The molecule has 0 amide bonds. The van der Waals surface area contributed by atoms with Crippen molar-refractivity contribution >= 4 is 17.1 Å². The molecular formula is C22H27N5O4. The molecule has 3 N–H and O–H groups in total. The number of rotatable bonds is 6. The van der Waals surface area contributed by atoms with E-state index in [1.54, 1.807) is 11.5 Å². The first-order valence-electron chi connectivity index (χ1n) is 10.8. The summed E-state index contributed by atoms with van der Waals surface area (Å²) in [6.07, 6.45) is 2.46. The Morgan fingerprint density at radius 1 is 1.13 bits per heavy atom. The van der Waals surface area contributed by atoms with E-state index in [0.29, 0.717) is 29.6 Å². The molecule has 3 aromatic rings. The van der Waals surface area contributed by atoms with Crippen LogP contribution in [0.25, 0.3) is 11.2 Å². The normalized spacial score (nSPS) is 26.5. The maximum absolute atomic E-state index is 10.6. The van der Waals surface area contributed by atoms with Crippen LogP contribution in [0.4, 0.5) is 5.95 Å². The maximum atomic E-state index is 10.6. The van der Waals surface area contributed by atoms with Gasteiger partial charge in [0.15, 0.2) is 17.4 Å². The Kier molecular flexibility index (Phi) is 5.47. The van der Waals surface area contributed by atoms with Gasteiger partial charge in [0.2, 0.25) is 11.8 Å². The van der Waals surface area contributed by atoms with Crippen LogP contribution in [0.1, 0.15) is 44.4 Å². The van der Waals surface area contributed by atoms with Gasteiger partial charge in [-0.3, -0.25) is 4.57 Å². The summed E-state index contributed by atoms with van der Waals surface area (Å²) in [5.74, 6) is 0.903. The molecule has 1 saturated carbocycles. The predicted molar refractivity (Wildman–Crippen MR) is 114 cm³/mol. The van der Waals surface area contributed by atoms with Crippen molar-refractivity contribution in [3.05, 3.63) is 42.2 Å². The maximum Gasteiger partial charge on any atom is 0.245 e. The van der Waals surface area contributed by atoms with E-state index in [-0.39, 0.29) is 6.04 Å². The lowest BCUT2D eigenvalue weighted by atomic mass is 10.1. The van der Waals surface area contributed by atoms with E-state index in [1.807, 2.05) is 30.3 Å². The van der Waals surface area contributed by atoms with Gasteiger partial charge in [-0.2, -0.15) is 4.98 Å². The van der Waals surface area contributed by atoms with Crippen LogP contribution in [-0.2, 0) is 11.3 Å². The lowest BCUT2D eigenvalue weighted by molar-refractivity contribution is -0.0287. The number of fused-ring (bicyclic) bond motifs is 1. The van der Waals surface area contributed by atoms with Crippen LogP contribution in [-0.4, -0.2) is 54.1 Å². The zero-order chi connectivity index (χ0) is 21.4. The largest absolute Gasteiger partial charge is 0.471 e. The van der Waals surface area contributed by atoms with Gasteiger partial charge in [-0.25, -0.2) is 9.97 Å². The monoisotopic (exact) mass is 425 g/mol. The Hall–Kier alpha value is -2.75. The molecule has 2 fully saturated rings. The minimum atomic E-state index is -1.10. The average Bonchev–Trinajstić information content (AvgIpc) is 3.49. The summed E-state index contributed by atoms with van der Waals surface area (Å²) in [4.78, 5) is 13.5. The molecule has 164 valence electrons. The van der Waals surface area contributed by atoms with Crippen molar-refractivity contribution < 1.29 is 19.7 Å². The third-order valence-corrected chi connectivity index (χ3v) is 6.08. The summed E-state index contributed by atoms with van der Waals surface area (Å²) in [6.45, 7) is 2.09. The van der Waals surface area contributed by atoms with Crippen LogP contribution in [0.5, 0.6) is 5.88 Å².